The van der Waals surface area contributed by atoms with Crippen molar-refractivity contribution in [1.29, 1.82) is 0 Å². The zero-order valence-corrected chi connectivity index (χ0v) is 14.5. The molecular formula is C16H30N4O. The van der Waals surface area contributed by atoms with Crippen LogP contribution in [-0.4, -0.2) is 46.6 Å². The molecule has 0 aliphatic rings. The van der Waals surface area contributed by atoms with Gasteiger partial charge in [0.2, 0.25) is 5.88 Å². The highest BCUT2D eigenvalue weighted by atomic mass is 16.5. The third-order valence-electron chi connectivity index (χ3n) is 3.47. The summed E-state index contributed by atoms with van der Waals surface area (Å²) in [5.74, 6) is 2.28. The molecule has 0 aromatic carbocycles. The molecule has 1 aromatic heterocycles. The molecule has 0 radical (unpaired) electrons. The predicted molar refractivity (Wildman–Crippen MR) is 88.1 cm³/mol. The number of anilines is 1. The molecule has 0 unspecified atom stereocenters. The van der Waals surface area contributed by atoms with Crippen LogP contribution < -0.4 is 10.1 Å². The molecule has 1 heterocycles. The number of ether oxygens (including phenoxy) is 1. The van der Waals surface area contributed by atoms with Crippen molar-refractivity contribution < 1.29 is 4.74 Å². The summed E-state index contributed by atoms with van der Waals surface area (Å²) >= 11 is 0. The molecule has 120 valence electrons. The largest absolute Gasteiger partial charge is 0.476 e. The summed E-state index contributed by atoms with van der Waals surface area (Å²) < 4.78 is 5.90. The first kappa shape index (κ1) is 17.7. The number of aromatic nitrogens is 2. The van der Waals surface area contributed by atoms with Gasteiger partial charge >= 0.3 is 0 Å². The zero-order valence-electron chi connectivity index (χ0n) is 14.5. The second kappa shape index (κ2) is 8.17. The van der Waals surface area contributed by atoms with Crippen molar-refractivity contribution >= 4 is 5.82 Å². The van der Waals surface area contributed by atoms with Crippen molar-refractivity contribution in [3.05, 3.63) is 11.4 Å². The fourth-order valence-corrected chi connectivity index (χ4v) is 2.44. The minimum atomic E-state index is 0.513. The molecule has 5 nitrogen and oxygen atoms in total. The predicted octanol–water partition coefficient (Wildman–Crippen LogP) is 3.02. The van der Waals surface area contributed by atoms with Crippen molar-refractivity contribution in [3.63, 3.8) is 0 Å². The molecule has 0 saturated heterocycles. The van der Waals surface area contributed by atoms with E-state index in [1.165, 1.54) is 0 Å². The van der Waals surface area contributed by atoms with Crippen LogP contribution in [0.15, 0.2) is 0 Å². The Bertz CT molecular complexity index is 438. The van der Waals surface area contributed by atoms with Crippen LogP contribution in [0.5, 0.6) is 5.88 Å². The van der Waals surface area contributed by atoms with E-state index in [0.29, 0.717) is 24.6 Å². The van der Waals surface area contributed by atoms with Crippen molar-refractivity contribution in [2.75, 3.05) is 25.0 Å². The third kappa shape index (κ3) is 5.16. The van der Waals surface area contributed by atoms with E-state index in [0.717, 1.165) is 30.3 Å². The third-order valence-corrected chi connectivity index (χ3v) is 3.47. The van der Waals surface area contributed by atoms with Crippen molar-refractivity contribution in [2.45, 2.75) is 60.5 Å². The van der Waals surface area contributed by atoms with Crippen molar-refractivity contribution in [3.8, 4) is 5.88 Å². The molecule has 5 heteroatoms. The van der Waals surface area contributed by atoms with E-state index in [4.69, 9.17) is 4.74 Å². The Kier molecular flexibility index (Phi) is 6.89. The van der Waals surface area contributed by atoms with Crippen molar-refractivity contribution in [2.24, 2.45) is 0 Å². The van der Waals surface area contributed by atoms with Crippen molar-refractivity contribution in [1.82, 2.24) is 14.9 Å². The van der Waals surface area contributed by atoms with Gasteiger partial charge in [0.05, 0.1) is 5.56 Å². The van der Waals surface area contributed by atoms with E-state index >= 15 is 0 Å². The van der Waals surface area contributed by atoms with E-state index in [9.17, 15) is 0 Å². The summed E-state index contributed by atoms with van der Waals surface area (Å²) in [5.41, 5.74) is 0.975. The SMILES string of the molecule is CCNc1nc(C)nc(OCCN(C(C)C)C(C)C)c1C. The van der Waals surface area contributed by atoms with Gasteiger partial charge in [-0.25, -0.2) is 4.98 Å². The maximum Gasteiger partial charge on any atom is 0.221 e. The van der Waals surface area contributed by atoms with Crippen LogP contribution in [0.3, 0.4) is 0 Å². The first-order chi connectivity index (χ1) is 9.86. The monoisotopic (exact) mass is 294 g/mol. The Morgan fingerprint density at radius 2 is 1.71 bits per heavy atom. The van der Waals surface area contributed by atoms with E-state index in [1.54, 1.807) is 0 Å². The molecule has 0 aliphatic carbocycles. The maximum absolute atomic E-state index is 5.90. The zero-order chi connectivity index (χ0) is 16.0. The average Bonchev–Trinajstić information content (AvgIpc) is 2.38. The first-order valence-corrected chi connectivity index (χ1v) is 7.84. The molecule has 21 heavy (non-hydrogen) atoms. The Hall–Kier alpha value is -1.36. The van der Waals surface area contributed by atoms with Gasteiger partial charge in [-0.2, -0.15) is 4.98 Å². The van der Waals surface area contributed by atoms with Gasteiger partial charge in [-0.15, -0.1) is 0 Å². The molecule has 0 amide bonds. The van der Waals surface area contributed by atoms with Crippen LogP contribution in [0.2, 0.25) is 0 Å². The summed E-state index contributed by atoms with van der Waals surface area (Å²) in [7, 11) is 0. The Morgan fingerprint density at radius 1 is 1.10 bits per heavy atom. The lowest BCUT2D eigenvalue weighted by atomic mass is 10.2. The van der Waals surface area contributed by atoms with Gasteiger partial charge in [0.1, 0.15) is 18.2 Å². The number of nitrogens with zero attached hydrogens (tertiary/aromatic N) is 3. The second-order valence-corrected chi connectivity index (χ2v) is 5.85. The Morgan fingerprint density at radius 3 is 2.24 bits per heavy atom. The van der Waals surface area contributed by atoms with Gasteiger partial charge in [0.15, 0.2) is 0 Å². The molecule has 1 rings (SSSR count). The normalized spacial score (nSPS) is 11.5. The number of nitrogens with one attached hydrogen (secondary N) is 1. The Balaban J connectivity index is 2.71. The smallest absolute Gasteiger partial charge is 0.221 e. The average molecular weight is 294 g/mol. The van der Waals surface area contributed by atoms with Gasteiger partial charge in [0.25, 0.3) is 0 Å². The van der Waals surface area contributed by atoms with Crippen LogP contribution >= 0.6 is 0 Å². The molecule has 1 N–H and O–H groups in total. The highest BCUT2D eigenvalue weighted by Gasteiger charge is 2.14. The van der Waals surface area contributed by atoms with E-state index in [-0.39, 0.29) is 0 Å². The molecule has 1 aromatic rings. The van der Waals surface area contributed by atoms with Gasteiger partial charge < -0.3 is 10.1 Å². The summed E-state index contributed by atoms with van der Waals surface area (Å²) in [6.45, 7) is 17.2. The van der Waals surface area contributed by atoms with Gasteiger partial charge in [-0.1, -0.05) is 0 Å². The van der Waals surface area contributed by atoms with E-state index in [1.807, 2.05) is 13.8 Å². The summed E-state index contributed by atoms with van der Waals surface area (Å²) in [6, 6.07) is 1.03. The fourth-order valence-electron chi connectivity index (χ4n) is 2.44. The van der Waals surface area contributed by atoms with Crippen LogP contribution in [0, 0.1) is 13.8 Å². The second-order valence-electron chi connectivity index (χ2n) is 5.85. The quantitative estimate of drug-likeness (QED) is 0.798. The molecular weight excluding hydrogens is 264 g/mol. The minimum Gasteiger partial charge on any atom is -0.476 e. The molecule has 0 atom stereocenters. The number of aryl methyl sites for hydroxylation is 1. The standard InChI is InChI=1S/C16H30N4O/c1-8-17-15-13(6)16(19-14(7)18-15)21-10-9-20(11(2)3)12(4)5/h11-12H,8-10H2,1-7H3,(H,17,18,19). The van der Waals surface area contributed by atoms with Crippen LogP contribution in [0.4, 0.5) is 5.82 Å². The number of hydrogen-bond acceptors (Lipinski definition) is 5. The highest BCUT2D eigenvalue weighted by Crippen LogP contribution is 2.21. The van der Waals surface area contributed by atoms with Crippen LogP contribution in [0.25, 0.3) is 0 Å². The fraction of sp³-hybridized carbons (Fsp3) is 0.750. The van der Waals surface area contributed by atoms with Gasteiger partial charge in [-0.05, 0) is 48.5 Å². The summed E-state index contributed by atoms with van der Waals surface area (Å²) in [5, 5.41) is 3.25. The lowest BCUT2D eigenvalue weighted by Crippen LogP contribution is -2.39. The molecule has 0 aliphatic heterocycles. The topological polar surface area (TPSA) is 50.3 Å². The summed E-state index contributed by atoms with van der Waals surface area (Å²) in [6.07, 6.45) is 0. The van der Waals surface area contributed by atoms with Crippen LogP contribution in [-0.2, 0) is 0 Å². The lowest BCUT2D eigenvalue weighted by Gasteiger charge is -2.30. The highest BCUT2D eigenvalue weighted by molar-refractivity contribution is 5.48. The molecule has 0 saturated carbocycles. The van der Waals surface area contributed by atoms with Crippen LogP contribution in [0.1, 0.15) is 46.0 Å². The molecule has 0 spiro atoms. The molecule has 0 bridgehead atoms. The summed E-state index contributed by atoms with van der Waals surface area (Å²) in [4.78, 5) is 11.2. The lowest BCUT2D eigenvalue weighted by molar-refractivity contribution is 0.139. The maximum atomic E-state index is 5.90. The molecule has 0 fully saturated rings. The first-order valence-electron chi connectivity index (χ1n) is 7.84. The van der Waals surface area contributed by atoms with Gasteiger partial charge in [-0.3, -0.25) is 4.90 Å². The Labute approximate surface area is 129 Å². The van der Waals surface area contributed by atoms with Gasteiger partial charge in [0, 0.05) is 25.2 Å². The number of rotatable bonds is 8. The van der Waals surface area contributed by atoms with E-state index < -0.39 is 0 Å². The minimum absolute atomic E-state index is 0.513. The number of hydrogen-bond donors (Lipinski definition) is 1. The van der Waals surface area contributed by atoms with E-state index in [2.05, 4.69) is 54.8 Å².